The van der Waals surface area contributed by atoms with Gasteiger partial charge in [0.2, 0.25) is 5.91 Å². The summed E-state index contributed by atoms with van der Waals surface area (Å²) in [5, 5.41) is 3.04. The first kappa shape index (κ1) is 15.3. The zero-order chi connectivity index (χ0) is 15.2. The van der Waals surface area contributed by atoms with Crippen molar-refractivity contribution in [3.8, 4) is 0 Å². The van der Waals surface area contributed by atoms with Crippen LogP contribution in [0.4, 0.5) is 5.69 Å². The lowest BCUT2D eigenvalue weighted by Gasteiger charge is -2.14. The van der Waals surface area contributed by atoms with Gasteiger partial charge in [0.05, 0.1) is 0 Å². The van der Waals surface area contributed by atoms with Crippen LogP contribution in [-0.2, 0) is 11.2 Å². The van der Waals surface area contributed by atoms with Crippen LogP contribution in [-0.4, -0.2) is 5.91 Å². The molecule has 2 aromatic carbocycles. The predicted molar refractivity (Wildman–Crippen MR) is 88.7 cm³/mol. The molecule has 0 atom stereocenters. The van der Waals surface area contributed by atoms with Gasteiger partial charge in [-0.3, -0.25) is 4.79 Å². The van der Waals surface area contributed by atoms with E-state index in [1.165, 1.54) is 16.7 Å². The van der Waals surface area contributed by atoms with Gasteiger partial charge in [0, 0.05) is 12.1 Å². The lowest BCUT2D eigenvalue weighted by atomic mass is 9.97. The van der Waals surface area contributed by atoms with E-state index in [-0.39, 0.29) is 5.91 Å². The molecule has 1 N–H and O–H groups in total. The molecule has 2 rings (SSSR count). The number of nitrogens with one attached hydrogen (secondary N) is 1. The molecule has 0 heterocycles. The molecule has 0 unspecified atom stereocenters. The van der Waals surface area contributed by atoms with Crippen molar-refractivity contribution in [2.45, 2.75) is 39.5 Å². The van der Waals surface area contributed by atoms with Gasteiger partial charge in [0.1, 0.15) is 0 Å². The number of hydrogen-bond acceptors (Lipinski definition) is 1. The predicted octanol–water partition coefficient (Wildman–Crippen LogP) is 4.69. The standard InChI is InChI=1S/C19H23NO/c1-14(2)17-10-7-11-18(15(17)3)20-19(21)13-12-16-8-5-4-6-9-16/h4-11,14H,12-13H2,1-3H3,(H,20,21). The maximum absolute atomic E-state index is 12.1. The van der Waals surface area contributed by atoms with Gasteiger partial charge in [0.15, 0.2) is 0 Å². The van der Waals surface area contributed by atoms with E-state index in [9.17, 15) is 4.79 Å². The maximum Gasteiger partial charge on any atom is 0.224 e. The second kappa shape index (κ2) is 7.07. The Morgan fingerprint density at radius 3 is 2.43 bits per heavy atom. The Bertz CT molecular complexity index is 602. The minimum absolute atomic E-state index is 0.0721. The average Bonchev–Trinajstić information content (AvgIpc) is 2.48. The number of benzene rings is 2. The number of hydrogen-bond donors (Lipinski definition) is 1. The molecule has 2 heteroatoms. The molecule has 1 amide bonds. The van der Waals surface area contributed by atoms with Crippen LogP contribution in [0.3, 0.4) is 0 Å². The summed E-state index contributed by atoms with van der Waals surface area (Å²) in [6.07, 6.45) is 1.28. The Kier molecular flexibility index (Phi) is 5.15. The molecule has 0 saturated carbocycles. The van der Waals surface area contributed by atoms with Crippen molar-refractivity contribution < 1.29 is 4.79 Å². The summed E-state index contributed by atoms with van der Waals surface area (Å²) >= 11 is 0. The fraction of sp³-hybridized carbons (Fsp3) is 0.316. The molecular weight excluding hydrogens is 258 g/mol. The molecule has 0 aliphatic carbocycles. The SMILES string of the molecule is Cc1c(NC(=O)CCc2ccccc2)cccc1C(C)C. The van der Waals surface area contributed by atoms with Crippen LogP contribution in [0.2, 0.25) is 0 Å². The topological polar surface area (TPSA) is 29.1 Å². The number of amides is 1. The summed E-state index contributed by atoms with van der Waals surface area (Å²) in [5.41, 5.74) is 4.58. The highest BCUT2D eigenvalue weighted by Crippen LogP contribution is 2.25. The molecule has 0 aliphatic rings. The molecule has 0 spiro atoms. The quantitative estimate of drug-likeness (QED) is 0.846. The van der Waals surface area contributed by atoms with Crippen LogP contribution in [0.1, 0.15) is 42.9 Å². The number of anilines is 1. The van der Waals surface area contributed by atoms with Gasteiger partial charge in [-0.25, -0.2) is 0 Å². The third-order valence-corrected chi connectivity index (χ3v) is 3.76. The van der Waals surface area contributed by atoms with Crippen molar-refractivity contribution in [2.75, 3.05) is 5.32 Å². The average molecular weight is 281 g/mol. The molecular formula is C19H23NO. The van der Waals surface area contributed by atoms with E-state index < -0.39 is 0 Å². The molecule has 110 valence electrons. The first-order valence-electron chi connectivity index (χ1n) is 7.51. The monoisotopic (exact) mass is 281 g/mol. The fourth-order valence-corrected chi connectivity index (χ4v) is 2.53. The molecule has 2 aromatic rings. The number of aryl methyl sites for hydroxylation is 1. The molecule has 0 bridgehead atoms. The van der Waals surface area contributed by atoms with Crippen molar-refractivity contribution in [1.29, 1.82) is 0 Å². The number of rotatable bonds is 5. The number of carbonyl (C=O) groups excluding carboxylic acids is 1. The van der Waals surface area contributed by atoms with Crippen LogP contribution in [0.15, 0.2) is 48.5 Å². The zero-order valence-electron chi connectivity index (χ0n) is 13.0. The molecule has 0 saturated heterocycles. The summed E-state index contributed by atoms with van der Waals surface area (Å²) in [7, 11) is 0. The van der Waals surface area contributed by atoms with Crippen molar-refractivity contribution in [3.05, 3.63) is 65.2 Å². The van der Waals surface area contributed by atoms with Gasteiger partial charge < -0.3 is 5.32 Å². The van der Waals surface area contributed by atoms with Crippen molar-refractivity contribution in [2.24, 2.45) is 0 Å². The molecule has 21 heavy (non-hydrogen) atoms. The lowest BCUT2D eigenvalue weighted by Crippen LogP contribution is -2.13. The van der Waals surface area contributed by atoms with Crippen LogP contribution >= 0.6 is 0 Å². The Morgan fingerprint density at radius 2 is 1.76 bits per heavy atom. The summed E-state index contributed by atoms with van der Waals surface area (Å²) < 4.78 is 0. The molecule has 0 fully saturated rings. The molecule has 0 aromatic heterocycles. The fourth-order valence-electron chi connectivity index (χ4n) is 2.53. The maximum atomic E-state index is 12.1. The Hall–Kier alpha value is -2.09. The van der Waals surface area contributed by atoms with Crippen molar-refractivity contribution >= 4 is 11.6 Å². The highest BCUT2D eigenvalue weighted by atomic mass is 16.1. The smallest absolute Gasteiger partial charge is 0.224 e. The van der Waals surface area contributed by atoms with Crippen LogP contribution < -0.4 is 5.32 Å². The van der Waals surface area contributed by atoms with Gasteiger partial charge in [-0.15, -0.1) is 0 Å². The second-order valence-corrected chi connectivity index (χ2v) is 5.71. The van der Waals surface area contributed by atoms with Gasteiger partial charge in [-0.05, 0) is 42.0 Å². The van der Waals surface area contributed by atoms with E-state index >= 15 is 0 Å². The number of carbonyl (C=O) groups is 1. The van der Waals surface area contributed by atoms with E-state index in [1.54, 1.807) is 0 Å². The first-order chi connectivity index (χ1) is 10.1. The van der Waals surface area contributed by atoms with E-state index in [1.807, 2.05) is 30.3 Å². The second-order valence-electron chi connectivity index (χ2n) is 5.71. The largest absolute Gasteiger partial charge is 0.326 e. The molecule has 0 aliphatic heterocycles. The first-order valence-corrected chi connectivity index (χ1v) is 7.51. The summed E-state index contributed by atoms with van der Waals surface area (Å²) in [5.74, 6) is 0.536. The Labute approximate surface area is 127 Å². The molecule has 0 radical (unpaired) electrons. The summed E-state index contributed by atoms with van der Waals surface area (Å²) in [6.45, 7) is 6.41. The van der Waals surface area contributed by atoms with Gasteiger partial charge in [0.25, 0.3) is 0 Å². The van der Waals surface area contributed by atoms with Crippen molar-refractivity contribution in [1.82, 2.24) is 0 Å². The van der Waals surface area contributed by atoms with E-state index in [0.29, 0.717) is 12.3 Å². The normalized spacial score (nSPS) is 10.7. The van der Waals surface area contributed by atoms with Gasteiger partial charge >= 0.3 is 0 Å². The van der Waals surface area contributed by atoms with Crippen molar-refractivity contribution in [3.63, 3.8) is 0 Å². The summed E-state index contributed by atoms with van der Waals surface area (Å²) in [6, 6.07) is 16.2. The third-order valence-electron chi connectivity index (χ3n) is 3.76. The van der Waals surface area contributed by atoms with Crippen LogP contribution in [0.25, 0.3) is 0 Å². The minimum atomic E-state index is 0.0721. The minimum Gasteiger partial charge on any atom is -0.326 e. The third kappa shape index (κ3) is 4.19. The van der Waals surface area contributed by atoms with Crippen LogP contribution in [0.5, 0.6) is 0 Å². The Balaban J connectivity index is 1.98. The van der Waals surface area contributed by atoms with Gasteiger partial charge in [-0.2, -0.15) is 0 Å². The van der Waals surface area contributed by atoms with E-state index in [2.05, 4.69) is 44.3 Å². The lowest BCUT2D eigenvalue weighted by molar-refractivity contribution is -0.116. The highest BCUT2D eigenvalue weighted by molar-refractivity contribution is 5.91. The summed E-state index contributed by atoms with van der Waals surface area (Å²) in [4.78, 5) is 12.1. The van der Waals surface area contributed by atoms with Gasteiger partial charge in [-0.1, -0.05) is 56.3 Å². The zero-order valence-corrected chi connectivity index (χ0v) is 13.0. The van der Waals surface area contributed by atoms with Crippen LogP contribution in [0, 0.1) is 6.92 Å². The molecule has 2 nitrogen and oxygen atoms in total. The highest BCUT2D eigenvalue weighted by Gasteiger charge is 2.09. The van der Waals surface area contributed by atoms with E-state index in [4.69, 9.17) is 0 Å². The van der Waals surface area contributed by atoms with E-state index in [0.717, 1.165) is 12.1 Å². The Morgan fingerprint density at radius 1 is 1.05 bits per heavy atom.